The lowest BCUT2D eigenvalue weighted by Crippen LogP contribution is -2.16. The molecule has 0 spiro atoms. The first-order valence-electron chi connectivity index (χ1n) is 9.17. The summed E-state index contributed by atoms with van der Waals surface area (Å²) in [5.74, 6) is -0.903. The van der Waals surface area contributed by atoms with Crippen molar-refractivity contribution in [1.82, 2.24) is 0 Å². The van der Waals surface area contributed by atoms with Gasteiger partial charge in [0.25, 0.3) is 10.0 Å². The summed E-state index contributed by atoms with van der Waals surface area (Å²) < 4.78 is 37.3. The van der Waals surface area contributed by atoms with Gasteiger partial charge in [-0.05, 0) is 55.0 Å². The van der Waals surface area contributed by atoms with E-state index in [9.17, 15) is 18.0 Å². The number of Topliss-reactive ketones (excluding diaryl/α,β-unsaturated/α-hetero) is 1. The van der Waals surface area contributed by atoms with Crippen LogP contribution in [0, 0.1) is 11.3 Å². The molecule has 0 heterocycles. The summed E-state index contributed by atoms with van der Waals surface area (Å²) >= 11 is 0. The summed E-state index contributed by atoms with van der Waals surface area (Å²) in [6.45, 7) is 0.781. The molecule has 0 aliphatic rings. The summed E-state index contributed by atoms with van der Waals surface area (Å²) in [5, 5.41) is 8.85. The van der Waals surface area contributed by atoms with E-state index in [-0.39, 0.29) is 16.2 Å². The first-order chi connectivity index (χ1) is 15.2. The second-order valence-corrected chi connectivity index (χ2v) is 8.12. The normalized spacial score (nSPS) is 11.9. The third-order valence-electron chi connectivity index (χ3n) is 4.08. The molecule has 2 aromatic carbocycles. The van der Waals surface area contributed by atoms with Gasteiger partial charge in [0.2, 0.25) is 5.78 Å². The van der Waals surface area contributed by atoms with E-state index in [0.717, 1.165) is 6.08 Å². The predicted molar refractivity (Wildman–Crippen MR) is 118 cm³/mol. The number of rotatable bonds is 9. The lowest BCUT2D eigenvalue weighted by atomic mass is 10.1. The number of allylic oxidation sites excluding steroid dienone is 1. The second kappa shape index (κ2) is 10.8. The molecule has 0 aliphatic heterocycles. The Labute approximate surface area is 185 Å². The van der Waals surface area contributed by atoms with Crippen molar-refractivity contribution in [1.29, 1.82) is 5.26 Å². The van der Waals surface area contributed by atoms with E-state index in [1.165, 1.54) is 44.4 Å². The van der Waals surface area contributed by atoms with E-state index in [1.807, 2.05) is 0 Å². The first kappa shape index (κ1) is 24.2. The molecule has 0 saturated carbocycles. The molecular weight excluding hydrogens is 434 g/mol. The van der Waals surface area contributed by atoms with Crippen molar-refractivity contribution in [3.63, 3.8) is 0 Å². The molecule has 0 aliphatic carbocycles. The smallest absolute Gasteiger partial charge is 0.331 e. The molecule has 0 atom stereocenters. The van der Waals surface area contributed by atoms with Gasteiger partial charge in [-0.25, -0.2) is 13.2 Å². The molecule has 0 amide bonds. The topological polar surface area (TPSA) is 149 Å². The lowest BCUT2D eigenvalue weighted by Gasteiger charge is -2.09. The van der Waals surface area contributed by atoms with E-state index in [0.29, 0.717) is 17.0 Å². The maximum atomic E-state index is 12.5. The predicted octanol–water partition coefficient (Wildman–Crippen LogP) is 2.38. The highest BCUT2D eigenvalue weighted by Gasteiger charge is 2.15. The van der Waals surface area contributed by atoms with Crippen LogP contribution in [0.4, 0.5) is 5.69 Å². The van der Waals surface area contributed by atoms with Gasteiger partial charge in [-0.1, -0.05) is 12.1 Å². The monoisotopic (exact) mass is 455 g/mol. The fraction of sp³-hybridized carbons (Fsp3) is 0.136. The Morgan fingerprint density at radius 1 is 1.12 bits per heavy atom. The van der Waals surface area contributed by atoms with E-state index in [1.54, 1.807) is 30.3 Å². The quantitative estimate of drug-likeness (QED) is 0.332. The van der Waals surface area contributed by atoms with Gasteiger partial charge in [0.15, 0.2) is 6.61 Å². The number of esters is 1. The van der Waals surface area contributed by atoms with Crippen LogP contribution in [0.15, 0.2) is 70.8 Å². The number of sulfonamides is 1. The van der Waals surface area contributed by atoms with E-state index >= 15 is 0 Å². The molecule has 0 aromatic heterocycles. The van der Waals surface area contributed by atoms with Gasteiger partial charge in [0, 0.05) is 17.5 Å². The van der Waals surface area contributed by atoms with Crippen LogP contribution < -0.4 is 15.2 Å². The van der Waals surface area contributed by atoms with Crippen LogP contribution in [0.1, 0.15) is 12.5 Å². The second-order valence-electron chi connectivity index (χ2n) is 6.44. The molecule has 166 valence electrons. The van der Waals surface area contributed by atoms with Crippen LogP contribution in [-0.4, -0.2) is 33.9 Å². The van der Waals surface area contributed by atoms with Crippen molar-refractivity contribution < 1.29 is 27.5 Å². The molecule has 0 unspecified atom stereocenters. The Bertz CT molecular complexity index is 1190. The van der Waals surface area contributed by atoms with Crippen molar-refractivity contribution in [3.8, 4) is 11.8 Å². The minimum atomic E-state index is -3.80. The zero-order chi connectivity index (χ0) is 23.7. The summed E-state index contributed by atoms with van der Waals surface area (Å²) in [6, 6.07) is 13.9. The minimum absolute atomic E-state index is 0.0339. The molecule has 32 heavy (non-hydrogen) atoms. The number of nitrogens with two attached hydrogens (primary N) is 1. The van der Waals surface area contributed by atoms with E-state index in [4.69, 9.17) is 20.5 Å². The molecular formula is C22H21N3O6S. The summed E-state index contributed by atoms with van der Waals surface area (Å²) in [4.78, 5) is 23.6. The zero-order valence-corrected chi connectivity index (χ0v) is 18.2. The number of nitriles is 1. The van der Waals surface area contributed by atoms with Crippen LogP contribution in [-0.2, 0) is 24.3 Å². The third kappa shape index (κ3) is 6.72. The fourth-order valence-electron chi connectivity index (χ4n) is 2.42. The largest absolute Gasteiger partial charge is 0.497 e. The SMILES string of the molecule is COc1ccc(NS(=O)(=O)c2ccc(/C=C/C(=O)OCC(=O)/C(C#N)=C(\C)N)cc2)cc1. The molecule has 9 nitrogen and oxygen atoms in total. The Hall–Kier alpha value is -4.10. The number of hydrogen-bond acceptors (Lipinski definition) is 8. The van der Waals surface area contributed by atoms with Crippen molar-refractivity contribution in [2.45, 2.75) is 11.8 Å². The fourth-order valence-corrected chi connectivity index (χ4v) is 3.48. The summed E-state index contributed by atoms with van der Waals surface area (Å²) in [7, 11) is -2.29. The van der Waals surface area contributed by atoms with Crippen molar-refractivity contribution >= 4 is 33.5 Å². The highest BCUT2D eigenvalue weighted by molar-refractivity contribution is 7.92. The van der Waals surface area contributed by atoms with Crippen LogP contribution in [0.2, 0.25) is 0 Å². The average Bonchev–Trinajstić information content (AvgIpc) is 2.77. The Morgan fingerprint density at radius 2 is 1.75 bits per heavy atom. The van der Waals surface area contributed by atoms with Gasteiger partial charge < -0.3 is 15.2 Å². The van der Waals surface area contributed by atoms with Crippen LogP contribution >= 0.6 is 0 Å². The third-order valence-corrected chi connectivity index (χ3v) is 5.47. The van der Waals surface area contributed by atoms with Gasteiger partial charge in [-0.3, -0.25) is 9.52 Å². The van der Waals surface area contributed by atoms with Gasteiger partial charge in [0.05, 0.1) is 12.0 Å². The van der Waals surface area contributed by atoms with Gasteiger partial charge >= 0.3 is 5.97 Å². The van der Waals surface area contributed by atoms with Crippen molar-refractivity contribution in [2.75, 3.05) is 18.4 Å². The number of benzene rings is 2. The van der Waals surface area contributed by atoms with Gasteiger partial charge in [-0.15, -0.1) is 0 Å². The molecule has 0 bridgehead atoms. The molecule has 2 aromatic rings. The number of carbonyl (C=O) groups excluding carboxylic acids is 2. The highest BCUT2D eigenvalue weighted by Crippen LogP contribution is 2.20. The van der Waals surface area contributed by atoms with Gasteiger partial charge in [0.1, 0.15) is 17.4 Å². The molecule has 2 rings (SSSR count). The van der Waals surface area contributed by atoms with Gasteiger partial charge in [-0.2, -0.15) is 5.26 Å². The number of ketones is 1. The number of anilines is 1. The number of methoxy groups -OCH3 is 1. The average molecular weight is 455 g/mol. The Balaban J connectivity index is 1.98. The van der Waals surface area contributed by atoms with Crippen LogP contribution in [0.3, 0.4) is 0 Å². The molecule has 0 fully saturated rings. The molecule has 3 N–H and O–H groups in total. The highest BCUT2D eigenvalue weighted by atomic mass is 32.2. The summed E-state index contributed by atoms with van der Waals surface area (Å²) in [6.07, 6.45) is 2.48. The minimum Gasteiger partial charge on any atom is -0.497 e. The lowest BCUT2D eigenvalue weighted by molar-refractivity contribution is -0.141. The van der Waals surface area contributed by atoms with Crippen molar-refractivity contribution in [3.05, 3.63) is 71.4 Å². The molecule has 10 heteroatoms. The molecule has 0 radical (unpaired) electrons. The van der Waals surface area contributed by atoms with Crippen molar-refractivity contribution in [2.24, 2.45) is 5.73 Å². The maximum absolute atomic E-state index is 12.5. The standard InChI is InChI=1S/C22H21N3O6S/c1-15(24)20(13-23)21(26)14-31-22(27)12-5-16-3-10-19(11-4-16)32(28,29)25-17-6-8-18(30-2)9-7-17/h3-12,25H,14,24H2,1-2H3/b12-5+,20-15+. The van der Waals surface area contributed by atoms with E-state index in [2.05, 4.69) is 4.72 Å². The number of ether oxygens (including phenoxy) is 2. The van der Waals surface area contributed by atoms with Crippen LogP contribution in [0.25, 0.3) is 6.08 Å². The Morgan fingerprint density at radius 3 is 2.28 bits per heavy atom. The number of nitrogens with one attached hydrogen (secondary N) is 1. The number of hydrogen-bond donors (Lipinski definition) is 2. The summed E-state index contributed by atoms with van der Waals surface area (Å²) in [5.41, 5.74) is 6.11. The number of carbonyl (C=O) groups is 2. The first-order valence-corrected chi connectivity index (χ1v) is 10.7. The number of nitrogens with zero attached hydrogens (tertiary/aromatic N) is 1. The zero-order valence-electron chi connectivity index (χ0n) is 17.4. The van der Waals surface area contributed by atoms with Crippen LogP contribution in [0.5, 0.6) is 5.75 Å². The Kier molecular flexibility index (Phi) is 8.15. The molecule has 0 saturated heterocycles. The maximum Gasteiger partial charge on any atom is 0.331 e. The van der Waals surface area contributed by atoms with E-state index < -0.39 is 28.4 Å².